The van der Waals surface area contributed by atoms with Crippen LogP contribution in [0.5, 0.6) is 11.5 Å². The molecule has 0 spiro atoms. The van der Waals surface area contributed by atoms with Crippen LogP contribution in [0.25, 0.3) is 6.08 Å². The molecule has 0 saturated carbocycles. The van der Waals surface area contributed by atoms with E-state index in [4.69, 9.17) is 4.74 Å². The van der Waals surface area contributed by atoms with E-state index in [9.17, 15) is 20.0 Å². The lowest BCUT2D eigenvalue weighted by Crippen LogP contribution is -2.09. The van der Waals surface area contributed by atoms with Crippen molar-refractivity contribution in [2.45, 2.75) is 6.92 Å². The highest BCUT2D eigenvalue weighted by atomic mass is 16.6. The monoisotopic (exact) mass is 375 g/mol. The molecule has 1 N–H and O–H groups in total. The number of phenols is 1. The van der Waals surface area contributed by atoms with Gasteiger partial charge in [-0.1, -0.05) is 48.0 Å². The molecule has 0 aromatic heterocycles. The van der Waals surface area contributed by atoms with Crippen LogP contribution < -0.4 is 4.74 Å². The summed E-state index contributed by atoms with van der Waals surface area (Å²) in [7, 11) is 0. The minimum Gasteiger partial charge on any atom is -0.507 e. The van der Waals surface area contributed by atoms with Crippen molar-refractivity contribution < 1.29 is 19.6 Å². The molecule has 0 aliphatic carbocycles. The van der Waals surface area contributed by atoms with Gasteiger partial charge < -0.3 is 9.84 Å². The second-order valence-electron chi connectivity index (χ2n) is 6.12. The largest absolute Gasteiger partial charge is 0.507 e. The van der Waals surface area contributed by atoms with Crippen LogP contribution in [0.4, 0.5) is 5.69 Å². The second kappa shape index (κ2) is 8.18. The van der Waals surface area contributed by atoms with Crippen LogP contribution in [0.3, 0.4) is 0 Å². The number of nitro groups is 1. The molecular formula is C22H17NO5. The van der Waals surface area contributed by atoms with Gasteiger partial charge in [-0.15, -0.1) is 0 Å². The number of rotatable bonds is 6. The highest BCUT2D eigenvalue weighted by molar-refractivity contribution is 6.10. The van der Waals surface area contributed by atoms with E-state index >= 15 is 0 Å². The Kier molecular flexibility index (Phi) is 5.50. The molecule has 0 heterocycles. The smallest absolute Gasteiger partial charge is 0.269 e. The summed E-state index contributed by atoms with van der Waals surface area (Å²) in [6.45, 7) is 1.92. The lowest BCUT2D eigenvalue weighted by Gasteiger charge is -2.10. The van der Waals surface area contributed by atoms with Crippen LogP contribution >= 0.6 is 0 Å². The van der Waals surface area contributed by atoms with Gasteiger partial charge in [-0.25, -0.2) is 0 Å². The van der Waals surface area contributed by atoms with Crippen molar-refractivity contribution in [2.75, 3.05) is 0 Å². The molecule has 0 bridgehead atoms. The highest BCUT2D eigenvalue weighted by Gasteiger charge is 2.16. The fourth-order valence-electron chi connectivity index (χ4n) is 2.50. The molecule has 3 aromatic carbocycles. The quantitative estimate of drug-likeness (QED) is 0.217. The topological polar surface area (TPSA) is 89.7 Å². The zero-order chi connectivity index (χ0) is 20.1. The molecule has 0 radical (unpaired) electrons. The molecule has 0 aliphatic heterocycles. The summed E-state index contributed by atoms with van der Waals surface area (Å²) in [6.07, 6.45) is 1.44. The number of Topliss-reactive ketones (excluding diaryl/α,β-unsaturated/α-hetero) is 1. The third-order valence-electron chi connectivity index (χ3n) is 4.04. The van der Waals surface area contributed by atoms with Gasteiger partial charge in [0.1, 0.15) is 11.5 Å². The number of ether oxygens (including phenoxy) is 1. The number of benzene rings is 3. The number of hydrogen-bond donors (Lipinski definition) is 1. The SMILES string of the molecule is Cc1ccc(C(=O)/C(=C\c2ccccc2O)Oc2ccc([N+](=O)[O-])cc2)cc1. The van der Waals surface area contributed by atoms with Gasteiger partial charge in [0.2, 0.25) is 5.78 Å². The standard InChI is InChI=1S/C22H17NO5/c1-15-6-8-16(9-7-15)22(25)21(14-17-4-2-3-5-20(17)24)28-19-12-10-18(11-13-19)23(26)27/h2-14,24H,1H3/b21-14+. The molecule has 140 valence electrons. The lowest BCUT2D eigenvalue weighted by molar-refractivity contribution is -0.384. The number of carbonyl (C=O) groups is 1. The molecular weight excluding hydrogens is 358 g/mol. The van der Waals surface area contributed by atoms with E-state index in [2.05, 4.69) is 0 Å². The van der Waals surface area contributed by atoms with Crippen LogP contribution in [0.15, 0.2) is 78.6 Å². The molecule has 3 aromatic rings. The Morgan fingerprint density at radius 3 is 2.25 bits per heavy atom. The Morgan fingerprint density at radius 1 is 1.00 bits per heavy atom. The summed E-state index contributed by atoms with van der Waals surface area (Å²) >= 11 is 0. The maximum atomic E-state index is 13.0. The first-order valence-electron chi connectivity index (χ1n) is 8.47. The van der Waals surface area contributed by atoms with Gasteiger partial charge in [0.15, 0.2) is 5.76 Å². The third-order valence-corrected chi connectivity index (χ3v) is 4.04. The van der Waals surface area contributed by atoms with E-state index in [1.54, 1.807) is 30.3 Å². The van der Waals surface area contributed by atoms with Gasteiger partial charge in [-0.05, 0) is 31.2 Å². The number of ketones is 1. The predicted molar refractivity (Wildman–Crippen MR) is 105 cm³/mol. The van der Waals surface area contributed by atoms with Crippen molar-refractivity contribution in [1.29, 1.82) is 0 Å². The fraction of sp³-hybridized carbons (Fsp3) is 0.0455. The van der Waals surface area contributed by atoms with Crippen LogP contribution in [0, 0.1) is 17.0 Å². The molecule has 6 heteroatoms. The van der Waals surface area contributed by atoms with Gasteiger partial charge >= 0.3 is 0 Å². The van der Waals surface area contributed by atoms with E-state index < -0.39 is 4.92 Å². The number of phenolic OH excluding ortho intramolecular Hbond substituents is 1. The molecule has 0 amide bonds. The van der Waals surface area contributed by atoms with Gasteiger partial charge in [0.05, 0.1) is 4.92 Å². The summed E-state index contributed by atoms with van der Waals surface area (Å²) in [5.74, 6) is -0.113. The minimum absolute atomic E-state index is 0.00371. The lowest BCUT2D eigenvalue weighted by atomic mass is 10.1. The van der Waals surface area contributed by atoms with Crippen molar-refractivity contribution in [3.63, 3.8) is 0 Å². The number of aryl methyl sites for hydroxylation is 1. The first-order chi connectivity index (χ1) is 13.4. The molecule has 3 rings (SSSR count). The number of para-hydroxylation sites is 1. The molecule has 0 saturated heterocycles. The first kappa shape index (κ1) is 18.8. The normalized spacial score (nSPS) is 11.1. The van der Waals surface area contributed by atoms with Crippen molar-refractivity contribution in [3.05, 3.63) is 105 Å². The molecule has 0 unspecified atom stereocenters. The number of carbonyl (C=O) groups excluding carboxylic acids is 1. The van der Waals surface area contributed by atoms with Gasteiger partial charge in [0, 0.05) is 23.3 Å². The number of hydrogen-bond acceptors (Lipinski definition) is 5. The Morgan fingerprint density at radius 2 is 1.64 bits per heavy atom. The van der Waals surface area contributed by atoms with E-state index in [0.717, 1.165) is 5.56 Å². The molecule has 6 nitrogen and oxygen atoms in total. The van der Waals surface area contributed by atoms with Gasteiger partial charge in [-0.2, -0.15) is 0 Å². The van der Waals surface area contributed by atoms with Crippen molar-refractivity contribution >= 4 is 17.5 Å². The number of nitro benzene ring substituents is 1. The van der Waals surface area contributed by atoms with Crippen molar-refractivity contribution in [1.82, 2.24) is 0 Å². The van der Waals surface area contributed by atoms with Gasteiger partial charge in [0.25, 0.3) is 5.69 Å². The summed E-state index contributed by atoms with van der Waals surface area (Å²) < 4.78 is 5.73. The van der Waals surface area contributed by atoms with E-state index in [0.29, 0.717) is 11.1 Å². The van der Waals surface area contributed by atoms with E-state index in [1.165, 1.54) is 36.4 Å². The van der Waals surface area contributed by atoms with Crippen molar-refractivity contribution in [3.8, 4) is 11.5 Å². The third kappa shape index (κ3) is 4.42. The van der Waals surface area contributed by atoms with Crippen molar-refractivity contribution in [2.24, 2.45) is 0 Å². The van der Waals surface area contributed by atoms with Gasteiger partial charge in [-0.3, -0.25) is 14.9 Å². The zero-order valence-corrected chi connectivity index (χ0v) is 15.0. The van der Waals surface area contributed by atoms with Crippen LogP contribution in [-0.2, 0) is 0 Å². The van der Waals surface area contributed by atoms with Crippen LogP contribution in [-0.4, -0.2) is 15.8 Å². The first-order valence-corrected chi connectivity index (χ1v) is 8.47. The fourth-order valence-corrected chi connectivity index (χ4v) is 2.50. The predicted octanol–water partition coefficient (Wildman–Crippen LogP) is 4.91. The van der Waals surface area contributed by atoms with Crippen LogP contribution in [0.1, 0.15) is 21.5 Å². The molecule has 28 heavy (non-hydrogen) atoms. The maximum absolute atomic E-state index is 13.0. The Labute approximate surface area is 161 Å². The minimum atomic E-state index is -0.514. The maximum Gasteiger partial charge on any atom is 0.269 e. The van der Waals surface area contributed by atoms with E-state index in [-0.39, 0.29) is 28.7 Å². The summed E-state index contributed by atoms with van der Waals surface area (Å²) in [4.78, 5) is 23.3. The van der Waals surface area contributed by atoms with E-state index in [1.807, 2.05) is 19.1 Å². The Hall–Kier alpha value is -3.93. The Bertz CT molecular complexity index is 1040. The number of nitrogens with zero attached hydrogens (tertiary/aromatic N) is 1. The Balaban J connectivity index is 1.98. The average Bonchev–Trinajstić information content (AvgIpc) is 2.69. The second-order valence-corrected chi connectivity index (χ2v) is 6.12. The number of non-ortho nitro benzene ring substituents is 1. The number of aromatic hydroxyl groups is 1. The average molecular weight is 375 g/mol. The zero-order valence-electron chi connectivity index (χ0n) is 15.0. The number of allylic oxidation sites excluding steroid dienone is 1. The molecule has 0 fully saturated rings. The summed E-state index contributed by atoms with van der Waals surface area (Å²) in [5, 5.41) is 20.8. The highest BCUT2D eigenvalue weighted by Crippen LogP contribution is 2.25. The molecule has 0 aliphatic rings. The summed E-state index contributed by atoms with van der Waals surface area (Å²) in [5.41, 5.74) is 1.77. The van der Waals surface area contributed by atoms with Crippen LogP contribution in [0.2, 0.25) is 0 Å². The summed E-state index contributed by atoms with van der Waals surface area (Å²) in [6, 6.07) is 19.0. The molecule has 0 atom stereocenters.